The van der Waals surface area contributed by atoms with E-state index in [1.54, 1.807) is 12.1 Å². The van der Waals surface area contributed by atoms with E-state index in [1.165, 1.54) is 19.2 Å². The highest BCUT2D eigenvalue weighted by Crippen LogP contribution is 2.25. The molecule has 0 unspecified atom stereocenters. The number of likely N-dealkylation sites (tertiary alicyclic amines) is 1. The summed E-state index contributed by atoms with van der Waals surface area (Å²) in [7, 11) is 0. The number of phenols is 1. The van der Waals surface area contributed by atoms with E-state index in [0.717, 1.165) is 32.0 Å². The predicted molar refractivity (Wildman–Crippen MR) is 86.2 cm³/mol. The van der Waals surface area contributed by atoms with Gasteiger partial charge in [-0.3, -0.25) is 4.79 Å². The van der Waals surface area contributed by atoms with Crippen LogP contribution in [0.2, 0.25) is 0 Å². The van der Waals surface area contributed by atoms with Gasteiger partial charge in [0, 0.05) is 12.0 Å². The van der Waals surface area contributed by atoms with Crippen LogP contribution in [0.3, 0.4) is 0 Å². The number of carbonyl (C=O) groups excluding carboxylic acids is 1. The lowest BCUT2D eigenvalue weighted by atomic mass is 9.98. The van der Waals surface area contributed by atoms with Crippen molar-refractivity contribution in [2.45, 2.75) is 32.6 Å². The summed E-state index contributed by atoms with van der Waals surface area (Å²) >= 11 is 0. The van der Waals surface area contributed by atoms with Gasteiger partial charge < -0.3 is 15.0 Å². The Hall–Kier alpha value is -1.88. The van der Waals surface area contributed by atoms with E-state index in [0.29, 0.717) is 23.0 Å². The summed E-state index contributed by atoms with van der Waals surface area (Å²) in [5, 5.41) is 9.74. The number of ketones is 1. The minimum absolute atomic E-state index is 0.0995. The molecule has 0 bridgehead atoms. The maximum absolute atomic E-state index is 12.4. The summed E-state index contributed by atoms with van der Waals surface area (Å²) in [5.74, 6) is 1.07. The fraction of sp³-hybridized carbons (Fsp3) is 0.529. The van der Waals surface area contributed by atoms with Crippen LogP contribution in [0.5, 0.6) is 5.75 Å². The maximum atomic E-state index is 12.4. The number of nitrogens with one attached hydrogen (secondary N) is 1. The number of hydrogen-bond acceptors (Lipinski definition) is 4. The third-order valence-electron chi connectivity index (χ3n) is 4.61. The Morgan fingerprint density at radius 3 is 2.95 bits per heavy atom. The standard InChI is InChI=1S/C17H23N3O2/c1-12-6-9-20(10-7-12)8-2-3-14(21)13-4-5-15(22)17-16(13)18-11-19-17/h4-5,11-12,22H,2-3,6-10H2,1H3,(H,18,19). The molecule has 1 aliphatic heterocycles. The molecule has 22 heavy (non-hydrogen) atoms. The number of Topliss-reactive ketones (excluding diaryl/α,β-unsaturated/α-hetero) is 1. The second-order valence-corrected chi connectivity index (χ2v) is 6.31. The molecule has 3 rings (SSSR count). The second-order valence-electron chi connectivity index (χ2n) is 6.31. The Morgan fingerprint density at radius 1 is 1.41 bits per heavy atom. The number of carbonyl (C=O) groups is 1. The smallest absolute Gasteiger partial charge is 0.165 e. The molecule has 0 saturated carbocycles. The first-order valence-electron chi connectivity index (χ1n) is 8.05. The molecule has 5 nitrogen and oxygen atoms in total. The molecule has 0 aliphatic carbocycles. The number of aromatic nitrogens is 2. The second kappa shape index (κ2) is 6.48. The molecule has 0 radical (unpaired) electrons. The van der Waals surface area contributed by atoms with Crippen LogP contribution in [0.25, 0.3) is 11.0 Å². The highest BCUT2D eigenvalue weighted by atomic mass is 16.3. The van der Waals surface area contributed by atoms with Crippen LogP contribution >= 0.6 is 0 Å². The molecule has 1 aromatic carbocycles. The summed E-state index contributed by atoms with van der Waals surface area (Å²) in [4.78, 5) is 21.9. The van der Waals surface area contributed by atoms with Gasteiger partial charge in [0.05, 0.1) is 6.33 Å². The predicted octanol–water partition coefficient (Wildman–Crippen LogP) is 2.96. The highest BCUT2D eigenvalue weighted by Gasteiger charge is 2.17. The molecular formula is C17H23N3O2. The third kappa shape index (κ3) is 3.14. The molecular weight excluding hydrogens is 278 g/mol. The Kier molecular flexibility index (Phi) is 4.43. The van der Waals surface area contributed by atoms with Gasteiger partial charge in [-0.05, 0) is 56.9 Å². The van der Waals surface area contributed by atoms with Crippen molar-refractivity contribution in [2.75, 3.05) is 19.6 Å². The normalized spacial score (nSPS) is 17.1. The quantitative estimate of drug-likeness (QED) is 0.833. The molecule has 1 aliphatic rings. The summed E-state index contributed by atoms with van der Waals surface area (Å²) in [6.45, 7) is 5.59. The molecule has 1 saturated heterocycles. The molecule has 5 heteroatoms. The van der Waals surface area contributed by atoms with Gasteiger partial charge in [0.15, 0.2) is 5.78 Å². The van der Waals surface area contributed by atoms with Gasteiger partial charge in [-0.15, -0.1) is 0 Å². The zero-order valence-corrected chi connectivity index (χ0v) is 13.0. The van der Waals surface area contributed by atoms with E-state index < -0.39 is 0 Å². The number of fused-ring (bicyclic) bond motifs is 1. The monoisotopic (exact) mass is 301 g/mol. The van der Waals surface area contributed by atoms with Crippen LogP contribution in [0.1, 0.15) is 43.0 Å². The summed E-state index contributed by atoms with van der Waals surface area (Å²) in [5.41, 5.74) is 1.70. The van der Waals surface area contributed by atoms with E-state index in [-0.39, 0.29) is 11.5 Å². The van der Waals surface area contributed by atoms with Gasteiger partial charge in [-0.1, -0.05) is 6.92 Å². The van der Waals surface area contributed by atoms with Crippen molar-refractivity contribution in [1.82, 2.24) is 14.9 Å². The molecule has 1 aromatic heterocycles. The van der Waals surface area contributed by atoms with E-state index in [9.17, 15) is 9.90 Å². The topological polar surface area (TPSA) is 69.2 Å². The summed E-state index contributed by atoms with van der Waals surface area (Å²) in [6, 6.07) is 3.23. The van der Waals surface area contributed by atoms with E-state index >= 15 is 0 Å². The van der Waals surface area contributed by atoms with Gasteiger partial charge in [0.25, 0.3) is 0 Å². The van der Waals surface area contributed by atoms with Gasteiger partial charge in [-0.2, -0.15) is 0 Å². The number of imidazole rings is 1. The van der Waals surface area contributed by atoms with Crippen molar-refractivity contribution in [1.29, 1.82) is 0 Å². The highest BCUT2D eigenvalue weighted by molar-refractivity contribution is 6.07. The summed E-state index contributed by atoms with van der Waals surface area (Å²) < 4.78 is 0. The van der Waals surface area contributed by atoms with Crippen molar-refractivity contribution >= 4 is 16.8 Å². The van der Waals surface area contributed by atoms with Crippen LogP contribution < -0.4 is 0 Å². The average molecular weight is 301 g/mol. The van der Waals surface area contributed by atoms with Gasteiger partial charge in [-0.25, -0.2) is 4.98 Å². The molecule has 2 aromatic rings. The number of phenolic OH excluding ortho intramolecular Hbond substituents is 1. The van der Waals surface area contributed by atoms with Crippen molar-refractivity contribution in [3.05, 3.63) is 24.0 Å². The number of rotatable bonds is 5. The zero-order valence-electron chi connectivity index (χ0n) is 13.0. The Labute approximate surface area is 130 Å². The van der Waals surface area contributed by atoms with E-state index in [4.69, 9.17) is 0 Å². The number of benzene rings is 1. The van der Waals surface area contributed by atoms with Crippen LogP contribution in [-0.2, 0) is 0 Å². The van der Waals surface area contributed by atoms with Crippen molar-refractivity contribution in [3.8, 4) is 5.75 Å². The zero-order chi connectivity index (χ0) is 15.5. The number of H-pyrrole nitrogens is 1. The van der Waals surface area contributed by atoms with Crippen molar-refractivity contribution in [2.24, 2.45) is 5.92 Å². The number of aromatic amines is 1. The fourth-order valence-corrected chi connectivity index (χ4v) is 3.13. The Morgan fingerprint density at radius 2 is 2.18 bits per heavy atom. The van der Waals surface area contributed by atoms with Crippen LogP contribution in [-0.4, -0.2) is 45.4 Å². The molecule has 0 amide bonds. The van der Waals surface area contributed by atoms with Crippen LogP contribution in [0, 0.1) is 5.92 Å². The maximum Gasteiger partial charge on any atom is 0.165 e. The van der Waals surface area contributed by atoms with E-state index in [1.807, 2.05) is 0 Å². The number of nitrogens with zero attached hydrogens (tertiary/aromatic N) is 2. The average Bonchev–Trinajstić information content (AvgIpc) is 3.00. The SMILES string of the molecule is CC1CCN(CCCC(=O)c2ccc(O)c3[nH]cnc23)CC1. The van der Waals surface area contributed by atoms with Crippen LogP contribution in [0.15, 0.2) is 18.5 Å². The molecule has 118 valence electrons. The number of piperidine rings is 1. The first-order chi connectivity index (χ1) is 10.6. The Balaban J connectivity index is 1.57. The summed E-state index contributed by atoms with van der Waals surface area (Å²) in [6.07, 6.45) is 5.44. The lowest BCUT2D eigenvalue weighted by molar-refractivity contribution is 0.0972. The molecule has 1 fully saturated rings. The molecule has 2 heterocycles. The third-order valence-corrected chi connectivity index (χ3v) is 4.61. The van der Waals surface area contributed by atoms with Crippen LogP contribution in [0.4, 0.5) is 0 Å². The minimum Gasteiger partial charge on any atom is -0.506 e. The van der Waals surface area contributed by atoms with Gasteiger partial charge in [0.2, 0.25) is 0 Å². The lowest BCUT2D eigenvalue weighted by Crippen LogP contribution is -2.33. The number of hydrogen-bond donors (Lipinski definition) is 2. The lowest BCUT2D eigenvalue weighted by Gasteiger charge is -2.29. The van der Waals surface area contributed by atoms with Gasteiger partial charge in [0.1, 0.15) is 16.8 Å². The fourth-order valence-electron chi connectivity index (χ4n) is 3.13. The van der Waals surface area contributed by atoms with Crippen molar-refractivity contribution < 1.29 is 9.90 Å². The van der Waals surface area contributed by atoms with E-state index in [2.05, 4.69) is 21.8 Å². The Bertz CT molecular complexity index is 657. The van der Waals surface area contributed by atoms with Gasteiger partial charge >= 0.3 is 0 Å². The van der Waals surface area contributed by atoms with Crippen molar-refractivity contribution in [3.63, 3.8) is 0 Å². The largest absolute Gasteiger partial charge is 0.506 e. The first-order valence-corrected chi connectivity index (χ1v) is 8.05. The number of aromatic hydroxyl groups is 1. The molecule has 0 atom stereocenters. The first kappa shape index (κ1) is 15.0. The molecule has 0 spiro atoms. The molecule has 2 N–H and O–H groups in total. The minimum atomic E-state index is 0.0995.